The number of aromatic nitrogens is 2. The zero-order valence-electron chi connectivity index (χ0n) is 12.0. The molecule has 1 unspecified atom stereocenters. The molecule has 0 aromatic carbocycles. The molecule has 4 heteroatoms. The lowest BCUT2D eigenvalue weighted by Crippen LogP contribution is -2.25. The molecule has 0 spiro atoms. The Balaban J connectivity index is 2.01. The average molecular weight is 277 g/mol. The van der Waals surface area contributed by atoms with Crippen LogP contribution in [0.4, 0.5) is 0 Å². The molecule has 0 amide bonds. The van der Waals surface area contributed by atoms with E-state index in [-0.39, 0.29) is 0 Å². The predicted molar refractivity (Wildman–Crippen MR) is 81.3 cm³/mol. The number of aryl methyl sites for hydroxylation is 1. The van der Waals surface area contributed by atoms with Gasteiger partial charge in [-0.15, -0.1) is 11.3 Å². The van der Waals surface area contributed by atoms with E-state index in [0.29, 0.717) is 12.0 Å². The molecule has 0 saturated heterocycles. The maximum Gasteiger partial charge on any atom is 0.0948 e. The Morgan fingerprint density at radius 3 is 2.89 bits per heavy atom. The van der Waals surface area contributed by atoms with Crippen LogP contribution in [0.5, 0.6) is 0 Å². The first-order valence-corrected chi connectivity index (χ1v) is 7.86. The Morgan fingerprint density at radius 1 is 1.42 bits per heavy atom. The highest BCUT2D eigenvalue weighted by Gasteiger charge is 2.16. The van der Waals surface area contributed by atoms with Crippen molar-refractivity contribution in [1.29, 1.82) is 0 Å². The van der Waals surface area contributed by atoms with Gasteiger partial charge in [-0.25, -0.2) is 4.98 Å². The summed E-state index contributed by atoms with van der Waals surface area (Å²) in [4.78, 5) is 5.67. The standard InChI is InChI=1S/C15H23N3S/c1-4-7-18-11-16-9-13(18)10-17-15(12(2)3)14-6-5-8-19-14/h5-6,8-9,11-12,15,17H,4,7,10H2,1-3H3. The number of imidazole rings is 1. The second kappa shape index (κ2) is 6.87. The molecule has 2 aromatic heterocycles. The summed E-state index contributed by atoms with van der Waals surface area (Å²) in [5.74, 6) is 0.584. The zero-order chi connectivity index (χ0) is 13.7. The van der Waals surface area contributed by atoms with Gasteiger partial charge in [0.05, 0.1) is 12.0 Å². The first-order chi connectivity index (χ1) is 9.22. The number of hydrogen-bond donors (Lipinski definition) is 1. The topological polar surface area (TPSA) is 29.9 Å². The highest BCUT2D eigenvalue weighted by atomic mass is 32.1. The molecular formula is C15H23N3S. The fraction of sp³-hybridized carbons (Fsp3) is 0.533. The van der Waals surface area contributed by atoms with Crippen LogP contribution in [0.2, 0.25) is 0 Å². The van der Waals surface area contributed by atoms with Crippen LogP contribution in [0.25, 0.3) is 0 Å². The second-order valence-electron chi connectivity index (χ2n) is 5.20. The summed E-state index contributed by atoms with van der Waals surface area (Å²) in [7, 11) is 0. The molecule has 2 aromatic rings. The van der Waals surface area contributed by atoms with E-state index in [1.54, 1.807) is 0 Å². The number of nitrogens with zero attached hydrogens (tertiary/aromatic N) is 2. The zero-order valence-corrected chi connectivity index (χ0v) is 12.8. The van der Waals surface area contributed by atoms with Crippen molar-refractivity contribution in [3.05, 3.63) is 40.6 Å². The van der Waals surface area contributed by atoms with Crippen LogP contribution in [0.1, 0.15) is 43.8 Å². The predicted octanol–water partition coefficient (Wildman–Crippen LogP) is 3.84. The van der Waals surface area contributed by atoms with Gasteiger partial charge < -0.3 is 9.88 Å². The summed E-state index contributed by atoms with van der Waals surface area (Å²) >= 11 is 1.83. The lowest BCUT2D eigenvalue weighted by atomic mass is 10.0. The van der Waals surface area contributed by atoms with E-state index in [4.69, 9.17) is 0 Å². The molecule has 0 aliphatic rings. The van der Waals surface area contributed by atoms with Gasteiger partial charge in [0, 0.05) is 30.2 Å². The van der Waals surface area contributed by atoms with Crippen molar-refractivity contribution in [2.45, 2.75) is 46.3 Å². The normalized spacial score (nSPS) is 13.1. The highest BCUT2D eigenvalue weighted by Crippen LogP contribution is 2.26. The first-order valence-electron chi connectivity index (χ1n) is 6.98. The third kappa shape index (κ3) is 3.67. The minimum atomic E-state index is 0.421. The summed E-state index contributed by atoms with van der Waals surface area (Å²) in [6, 6.07) is 4.76. The van der Waals surface area contributed by atoms with Crippen molar-refractivity contribution >= 4 is 11.3 Å². The monoisotopic (exact) mass is 277 g/mol. The molecule has 2 heterocycles. The summed E-state index contributed by atoms with van der Waals surface area (Å²) in [6.07, 6.45) is 5.03. The Labute approximate surface area is 119 Å². The van der Waals surface area contributed by atoms with Crippen molar-refractivity contribution in [2.24, 2.45) is 5.92 Å². The molecule has 0 radical (unpaired) electrons. The van der Waals surface area contributed by atoms with Gasteiger partial charge in [0.1, 0.15) is 0 Å². The molecule has 0 aliphatic heterocycles. The molecule has 1 atom stereocenters. The molecule has 2 rings (SSSR count). The summed E-state index contributed by atoms with van der Waals surface area (Å²) < 4.78 is 2.23. The Hall–Kier alpha value is -1.13. The highest BCUT2D eigenvalue weighted by molar-refractivity contribution is 7.10. The van der Waals surface area contributed by atoms with Crippen LogP contribution >= 0.6 is 11.3 Å². The Morgan fingerprint density at radius 2 is 2.26 bits per heavy atom. The van der Waals surface area contributed by atoms with Crippen LogP contribution in [-0.2, 0) is 13.1 Å². The molecule has 3 nitrogen and oxygen atoms in total. The number of rotatable bonds is 7. The minimum absolute atomic E-state index is 0.421. The molecule has 1 N–H and O–H groups in total. The fourth-order valence-electron chi connectivity index (χ4n) is 2.29. The number of hydrogen-bond acceptors (Lipinski definition) is 3. The SMILES string of the molecule is CCCn1cncc1CNC(c1cccs1)C(C)C. The molecule has 0 aliphatic carbocycles. The van der Waals surface area contributed by atoms with Crippen LogP contribution in [0, 0.1) is 5.92 Å². The molecular weight excluding hydrogens is 254 g/mol. The lowest BCUT2D eigenvalue weighted by molar-refractivity contribution is 0.409. The third-order valence-corrected chi connectivity index (χ3v) is 4.24. The Kier molecular flexibility index (Phi) is 5.16. The van der Waals surface area contributed by atoms with E-state index in [1.807, 2.05) is 23.9 Å². The van der Waals surface area contributed by atoms with Gasteiger partial charge in [-0.2, -0.15) is 0 Å². The van der Waals surface area contributed by atoms with E-state index >= 15 is 0 Å². The average Bonchev–Trinajstić information content (AvgIpc) is 3.02. The van der Waals surface area contributed by atoms with Crippen molar-refractivity contribution in [2.75, 3.05) is 0 Å². The van der Waals surface area contributed by atoms with E-state index in [9.17, 15) is 0 Å². The number of nitrogens with one attached hydrogen (secondary N) is 1. The maximum atomic E-state index is 4.25. The quantitative estimate of drug-likeness (QED) is 0.833. The number of thiophene rings is 1. The van der Waals surface area contributed by atoms with E-state index in [2.05, 4.69) is 53.2 Å². The smallest absolute Gasteiger partial charge is 0.0948 e. The van der Waals surface area contributed by atoms with Crippen LogP contribution in [0.15, 0.2) is 30.0 Å². The first kappa shape index (κ1) is 14.3. The summed E-state index contributed by atoms with van der Waals surface area (Å²) in [5, 5.41) is 5.82. The van der Waals surface area contributed by atoms with Crippen LogP contribution < -0.4 is 5.32 Å². The van der Waals surface area contributed by atoms with Crippen molar-refractivity contribution in [3.8, 4) is 0 Å². The Bertz CT molecular complexity index is 473. The van der Waals surface area contributed by atoms with E-state index in [0.717, 1.165) is 19.5 Å². The molecule has 0 saturated carbocycles. The minimum Gasteiger partial charge on any atom is -0.333 e. The van der Waals surface area contributed by atoms with E-state index < -0.39 is 0 Å². The van der Waals surface area contributed by atoms with Gasteiger partial charge >= 0.3 is 0 Å². The summed E-state index contributed by atoms with van der Waals surface area (Å²) in [6.45, 7) is 8.64. The third-order valence-electron chi connectivity index (χ3n) is 3.28. The van der Waals surface area contributed by atoms with Gasteiger partial charge in [-0.1, -0.05) is 26.8 Å². The van der Waals surface area contributed by atoms with E-state index in [1.165, 1.54) is 10.6 Å². The van der Waals surface area contributed by atoms with Crippen LogP contribution in [0.3, 0.4) is 0 Å². The van der Waals surface area contributed by atoms with Gasteiger partial charge in [-0.05, 0) is 23.8 Å². The van der Waals surface area contributed by atoms with Gasteiger partial charge in [0.25, 0.3) is 0 Å². The van der Waals surface area contributed by atoms with Crippen LogP contribution in [-0.4, -0.2) is 9.55 Å². The second-order valence-corrected chi connectivity index (χ2v) is 6.18. The largest absolute Gasteiger partial charge is 0.333 e. The molecule has 0 bridgehead atoms. The lowest BCUT2D eigenvalue weighted by Gasteiger charge is -2.21. The van der Waals surface area contributed by atoms with Gasteiger partial charge in [-0.3, -0.25) is 0 Å². The maximum absolute atomic E-state index is 4.25. The van der Waals surface area contributed by atoms with Crippen molar-refractivity contribution in [3.63, 3.8) is 0 Å². The fourth-order valence-corrected chi connectivity index (χ4v) is 3.26. The van der Waals surface area contributed by atoms with Gasteiger partial charge in [0.15, 0.2) is 0 Å². The summed E-state index contributed by atoms with van der Waals surface area (Å²) in [5.41, 5.74) is 1.27. The van der Waals surface area contributed by atoms with Crippen molar-refractivity contribution < 1.29 is 0 Å². The van der Waals surface area contributed by atoms with Crippen molar-refractivity contribution in [1.82, 2.24) is 14.9 Å². The molecule has 0 fully saturated rings. The van der Waals surface area contributed by atoms with Gasteiger partial charge in [0.2, 0.25) is 0 Å². The molecule has 104 valence electrons. The molecule has 19 heavy (non-hydrogen) atoms.